The average Bonchev–Trinajstić information content (AvgIpc) is 2.94. The summed E-state index contributed by atoms with van der Waals surface area (Å²) in [5, 5.41) is 3.99. The minimum Gasteiger partial charge on any atom is -0.338 e. The standard InChI is InChI=1S/C12H18N4OS/c1-8(2)16-6-5-13-11(16)7-18-9(3)12-14-10(4)15-17-12/h5-6,8-9H,7H2,1-4H3/t9-/m0/s1. The fourth-order valence-corrected chi connectivity index (χ4v) is 2.54. The van der Waals surface area contributed by atoms with Gasteiger partial charge in [0, 0.05) is 18.4 Å². The minimum atomic E-state index is 0.184. The lowest BCUT2D eigenvalue weighted by Crippen LogP contribution is -2.04. The van der Waals surface area contributed by atoms with Crippen LogP contribution in [0, 0.1) is 6.92 Å². The number of hydrogen-bond acceptors (Lipinski definition) is 5. The predicted molar refractivity (Wildman–Crippen MR) is 71.4 cm³/mol. The summed E-state index contributed by atoms with van der Waals surface area (Å²) >= 11 is 1.75. The first kappa shape index (κ1) is 13.1. The van der Waals surface area contributed by atoms with Crippen LogP contribution >= 0.6 is 11.8 Å². The van der Waals surface area contributed by atoms with Crippen molar-refractivity contribution in [2.45, 2.75) is 44.7 Å². The van der Waals surface area contributed by atoms with Crippen molar-refractivity contribution in [2.75, 3.05) is 0 Å². The Kier molecular flexibility index (Phi) is 4.06. The van der Waals surface area contributed by atoms with Crippen LogP contribution in [0.1, 0.15) is 49.6 Å². The summed E-state index contributed by atoms with van der Waals surface area (Å²) in [6.45, 7) is 8.21. The first-order chi connectivity index (χ1) is 8.58. The normalized spacial score (nSPS) is 13.2. The number of aryl methyl sites for hydroxylation is 1. The highest BCUT2D eigenvalue weighted by molar-refractivity contribution is 7.98. The molecule has 0 spiro atoms. The molecule has 0 aromatic carbocycles. The van der Waals surface area contributed by atoms with Gasteiger partial charge in [0.1, 0.15) is 5.82 Å². The molecule has 18 heavy (non-hydrogen) atoms. The molecule has 2 aromatic rings. The van der Waals surface area contributed by atoms with Crippen LogP contribution in [0.4, 0.5) is 0 Å². The molecule has 0 unspecified atom stereocenters. The van der Waals surface area contributed by atoms with Crippen LogP contribution in [0.5, 0.6) is 0 Å². The highest BCUT2D eigenvalue weighted by Gasteiger charge is 2.15. The Bertz CT molecular complexity index is 506. The van der Waals surface area contributed by atoms with Gasteiger partial charge >= 0.3 is 0 Å². The van der Waals surface area contributed by atoms with Crippen molar-refractivity contribution in [2.24, 2.45) is 0 Å². The maximum atomic E-state index is 5.16. The summed E-state index contributed by atoms with van der Waals surface area (Å²) in [7, 11) is 0. The number of imidazole rings is 1. The van der Waals surface area contributed by atoms with E-state index in [2.05, 4.69) is 40.5 Å². The summed E-state index contributed by atoms with van der Waals surface area (Å²) in [5.74, 6) is 3.28. The van der Waals surface area contributed by atoms with Crippen LogP contribution in [-0.4, -0.2) is 19.7 Å². The van der Waals surface area contributed by atoms with Gasteiger partial charge in [0.25, 0.3) is 0 Å². The Morgan fingerprint density at radius 3 is 2.78 bits per heavy atom. The summed E-state index contributed by atoms with van der Waals surface area (Å²) in [6.07, 6.45) is 3.86. The molecule has 98 valence electrons. The summed E-state index contributed by atoms with van der Waals surface area (Å²) in [5.41, 5.74) is 0. The number of aromatic nitrogens is 4. The zero-order valence-corrected chi connectivity index (χ0v) is 11.9. The van der Waals surface area contributed by atoms with E-state index in [9.17, 15) is 0 Å². The average molecular weight is 266 g/mol. The summed E-state index contributed by atoms with van der Waals surface area (Å²) in [6, 6.07) is 0.434. The molecular weight excluding hydrogens is 248 g/mol. The van der Waals surface area contributed by atoms with Gasteiger partial charge < -0.3 is 9.09 Å². The third kappa shape index (κ3) is 2.93. The van der Waals surface area contributed by atoms with Gasteiger partial charge in [-0.05, 0) is 27.7 Å². The van der Waals surface area contributed by atoms with Gasteiger partial charge in [-0.3, -0.25) is 0 Å². The van der Waals surface area contributed by atoms with Crippen molar-refractivity contribution < 1.29 is 4.52 Å². The van der Waals surface area contributed by atoms with E-state index in [1.807, 2.05) is 19.3 Å². The number of nitrogens with zero attached hydrogens (tertiary/aromatic N) is 4. The molecule has 2 aromatic heterocycles. The van der Waals surface area contributed by atoms with Gasteiger partial charge in [0.15, 0.2) is 5.82 Å². The van der Waals surface area contributed by atoms with E-state index in [-0.39, 0.29) is 5.25 Å². The first-order valence-electron chi connectivity index (χ1n) is 6.01. The molecule has 0 bridgehead atoms. The summed E-state index contributed by atoms with van der Waals surface area (Å²) < 4.78 is 7.34. The van der Waals surface area contributed by atoms with Gasteiger partial charge in [0.05, 0.1) is 11.0 Å². The minimum absolute atomic E-state index is 0.184. The quantitative estimate of drug-likeness (QED) is 0.832. The molecule has 2 rings (SSSR count). The number of thioether (sulfide) groups is 1. The Hall–Kier alpha value is -1.30. The zero-order valence-electron chi connectivity index (χ0n) is 11.1. The van der Waals surface area contributed by atoms with Crippen molar-refractivity contribution in [1.29, 1.82) is 0 Å². The maximum absolute atomic E-state index is 5.16. The molecule has 0 fully saturated rings. The van der Waals surface area contributed by atoms with E-state index in [0.717, 1.165) is 11.6 Å². The molecule has 0 aliphatic rings. The maximum Gasteiger partial charge on any atom is 0.239 e. The van der Waals surface area contributed by atoms with Crippen molar-refractivity contribution in [1.82, 2.24) is 19.7 Å². The number of hydrogen-bond donors (Lipinski definition) is 0. The molecule has 5 nitrogen and oxygen atoms in total. The van der Waals surface area contributed by atoms with Crippen LogP contribution in [-0.2, 0) is 5.75 Å². The topological polar surface area (TPSA) is 56.7 Å². The Labute approximate surface area is 111 Å². The lowest BCUT2D eigenvalue weighted by Gasteiger charge is -2.12. The highest BCUT2D eigenvalue weighted by atomic mass is 32.2. The van der Waals surface area contributed by atoms with Crippen LogP contribution in [0.2, 0.25) is 0 Å². The zero-order chi connectivity index (χ0) is 13.1. The van der Waals surface area contributed by atoms with Crippen molar-refractivity contribution in [3.63, 3.8) is 0 Å². The highest BCUT2D eigenvalue weighted by Crippen LogP contribution is 2.29. The largest absolute Gasteiger partial charge is 0.338 e. The second-order valence-electron chi connectivity index (χ2n) is 4.48. The summed E-state index contributed by atoms with van der Waals surface area (Å²) in [4.78, 5) is 8.63. The van der Waals surface area contributed by atoms with E-state index < -0.39 is 0 Å². The molecule has 0 amide bonds. The molecule has 6 heteroatoms. The van der Waals surface area contributed by atoms with E-state index >= 15 is 0 Å². The van der Waals surface area contributed by atoms with Crippen molar-refractivity contribution >= 4 is 11.8 Å². The fourth-order valence-electron chi connectivity index (χ4n) is 1.67. The molecule has 0 aliphatic heterocycles. The van der Waals surface area contributed by atoms with Crippen LogP contribution < -0.4 is 0 Å². The fraction of sp³-hybridized carbons (Fsp3) is 0.583. The third-order valence-corrected chi connectivity index (χ3v) is 3.79. The lowest BCUT2D eigenvalue weighted by molar-refractivity contribution is 0.376. The third-order valence-electron chi connectivity index (χ3n) is 2.66. The van der Waals surface area contributed by atoms with Crippen molar-refractivity contribution in [3.05, 3.63) is 29.9 Å². The Balaban J connectivity index is 1.97. The van der Waals surface area contributed by atoms with E-state index in [4.69, 9.17) is 4.52 Å². The molecule has 2 heterocycles. The molecule has 0 aliphatic carbocycles. The smallest absolute Gasteiger partial charge is 0.239 e. The first-order valence-corrected chi connectivity index (χ1v) is 7.06. The van der Waals surface area contributed by atoms with E-state index in [0.29, 0.717) is 17.8 Å². The number of rotatable bonds is 5. The molecule has 0 radical (unpaired) electrons. The van der Waals surface area contributed by atoms with E-state index in [1.165, 1.54) is 0 Å². The van der Waals surface area contributed by atoms with Crippen molar-refractivity contribution in [3.8, 4) is 0 Å². The SMILES string of the molecule is Cc1noc([C@H](C)SCc2nccn2C(C)C)n1. The second kappa shape index (κ2) is 5.56. The lowest BCUT2D eigenvalue weighted by atomic mass is 10.4. The molecular formula is C12H18N4OS. The van der Waals surface area contributed by atoms with Crippen LogP contribution in [0.25, 0.3) is 0 Å². The van der Waals surface area contributed by atoms with Crippen LogP contribution in [0.3, 0.4) is 0 Å². The molecule has 0 N–H and O–H groups in total. The monoisotopic (exact) mass is 266 g/mol. The van der Waals surface area contributed by atoms with Gasteiger partial charge in [0.2, 0.25) is 5.89 Å². The van der Waals surface area contributed by atoms with Gasteiger partial charge in [-0.15, -0.1) is 11.8 Å². The van der Waals surface area contributed by atoms with Gasteiger partial charge in [-0.2, -0.15) is 4.98 Å². The Morgan fingerprint density at radius 2 is 2.17 bits per heavy atom. The van der Waals surface area contributed by atoms with Crippen LogP contribution in [0.15, 0.2) is 16.9 Å². The van der Waals surface area contributed by atoms with Gasteiger partial charge in [-0.1, -0.05) is 5.16 Å². The Morgan fingerprint density at radius 1 is 1.39 bits per heavy atom. The van der Waals surface area contributed by atoms with Gasteiger partial charge in [-0.25, -0.2) is 4.98 Å². The molecule has 0 saturated carbocycles. The predicted octanol–water partition coefficient (Wildman–Crippen LogP) is 3.15. The molecule has 1 atom stereocenters. The van der Waals surface area contributed by atoms with E-state index in [1.54, 1.807) is 11.8 Å². The second-order valence-corrected chi connectivity index (χ2v) is 5.81. The molecule has 0 saturated heterocycles.